The van der Waals surface area contributed by atoms with Crippen molar-refractivity contribution in [3.05, 3.63) is 101 Å². The fraction of sp³-hybridized carbons (Fsp3) is 0.0435. The predicted molar refractivity (Wildman–Crippen MR) is 108 cm³/mol. The van der Waals surface area contributed by atoms with E-state index in [1.54, 1.807) is 30.3 Å². The lowest BCUT2D eigenvalue weighted by Crippen LogP contribution is -2.46. The number of carbonyl (C=O) groups is 3. The molecule has 1 N–H and O–H groups in total. The number of anilines is 1. The SMILES string of the molecule is O=C1Nc2ccccc2C(c2ccccc2)=N[C@H]1N1C(=O)c2ccccc2C1=O. The Balaban J connectivity index is 1.68. The topological polar surface area (TPSA) is 78.8 Å². The minimum absolute atomic E-state index is 0.281. The van der Waals surface area contributed by atoms with Gasteiger partial charge in [-0.1, -0.05) is 60.7 Å². The molecule has 2 heterocycles. The van der Waals surface area contributed by atoms with E-state index in [2.05, 4.69) is 10.3 Å². The summed E-state index contributed by atoms with van der Waals surface area (Å²) in [5.74, 6) is -1.57. The normalized spacial score (nSPS) is 17.9. The van der Waals surface area contributed by atoms with Crippen molar-refractivity contribution in [1.29, 1.82) is 0 Å². The minimum Gasteiger partial charge on any atom is -0.322 e. The number of carbonyl (C=O) groups excluding carboxylic acids is 3. The van der Waals surface area contributed by atoms with Crippen LogP contribution in [-0.2, 0) is 4.79 Å². The summed E-state index contributed by atoms with van der Waals surface area (Å²) in [6.07, 6.45) is -1.30. The van der Waals surface area contributed by atoms with Crippen LogP contribution < -0.4 is 5.32 Å². The number of rotatable bonds is 2. The first kappa shape index (κ1) is 17.1. The summed E-state index contributed by atoms with van der Waals surface area (Å²) in [5.41, 5.74) is 3.21. The number of hydrogen-bond donors (Lipinski definition) is 1. The molecule has 3 amide bonds. The molecule has 0 fully saturated rings. The number of imide groups is 1. The van der Waals surface area contributed by atoms with Crippen molar-refractivity contribution in [3.63, 3.8) is 0 Å². The summed E-state index contributed by atoms with van der Waals surface area (Å²) >= 11 is 0. The minimum atomic E-state index is -1.30. The van der Waals surface area contributed by atoms with Crippen LogP contribution in [0.4, 0.5) is 5.69 Å². The van der Waals surface area contributed by atoms with Gasteiger partial charge >= 0.3 is 0 Å². The molecule has 140 valence electrons. The number of nitrogens with zero attached hydrogens (tertiary/aromatic N) is 2. The monoisotopic (exact) mass is 381 g/mol. The van der Waals surface area contributed by atoms with E-state index in [1.807, 2.05) is 48.5 Å². The quantitative estimate of drug-likeness (QED) is 0.693. The fourth-order valence-corrected chi connectivity index (χ4v) is 3.68. The summed E-state index contributed by atoms with van der Waals surface area (Å²) in [4.78, 5) is 44.5. The Morgan fingerprint density at radius 2 is 1.24 bits per heavy atom. The first-order chi connectivity index (χ1) is 14.1. The zero-order valence-corrected chi connectivity index (χ0v) is 15.2. The highest BCUT2D eigenvalue weighted by Gasteiger charge is 2.44. The van der Waals surface area contributed by atoms with Gasteiger partial charge in [0, 0.05) is 11.1 Å². The number of fused-ring (bicyclic) bond motifs is 2. The zero-order valence-electron chi connectivity index (χ0n) is 15.2. The van der Waals surface area contributed by atoms with Gasteiger partial charge in [-0.05, 0) is 18.2 Å². The Hall–Kier alpha value is -4.06. The highest BCUT2D eigenvalue weighted by atomic mass is 16.2. The Labute approximate surface area is 166 Å². The molecular formula is C23H15N3O3. The van der Waals surface area contributed by atoms with Gasteiger partial charge in [0.2, 0.25) is 6.17 Å². The summed E-state index contributed by atoms with van der Waals surface area (Å²) in [6, 6.07) is 23.2. The van der Waals surface area contributed by atoms with E-state index < -0.39 is 23.9 Å². The second-order valence-electron chi connectivity index (χ2n) is 6.78. The van der Waals surface area contributed by atoms with Crippen molar-refractivity contribution < 1.29 is 14.4 Å². The van der Waals surface area contributed by atoms with Crippen molar-refractivity contribution in [2.24, 2.45) is 4.99 Å². The highest BCUT2D eigenvalue weighted by Crippen LogP contribution is 2.29. The van der Waals surface area contributed by atoms with Crippen LogP contribution >= 0.6 is 0 Å². The average molecular weight is 381 g/mol. The lowest BCUT2D eigenvalue weighted by molar-refractivity contribution is -0.119. The largest absolute Gasteiger partial charge is 0.322 e. The van der Waals surface area contributed by atoms with Crippen LogP contribution in [0.3, 0.4) is 0 Å². The summed E-state index contributed by atoms with van der Waals surface area (Å²) in [7, 11) is 0. The molecular weight excluding hydrogens is 366 g/mol. The van der Waals surface area contributed by atoms with Crippen molar-refractivity contribution in [2.75, 3.05) is 5.32 Å². The lowest BCUT2D eigenvalue weighted by atomic mass is 10.0. The van der Waals surface area contributed by atoms with Gasteiger partial charge in [-0.25, -0.2) is 9.89 Å². The van der Waals surface area contributed by atoms with Gasteiger partial charge in [0.15, 0.2) is 0 Å². The van der Waals surface area contributed by atoms with Gasteiger partial charge in [0.25, 0.3) is 17.7 Å². The van der Waals surface area contributed by atoms with Crippen LogP contribution in [0.5, 0.6) is 0 Å². The molecule has 2 aliphatic rings. The number of amides is 3. The van der Waals surface area contributed by atoms with Gasteiger partial charge in [-0.2, -0.15) is 0 Å². The van der Waals surface area contributed by atoms with Crippen LogP contribution in [0.25, 0.3) is 0 Å². The van der Waals surface area contributed by atoms with Crippen molar-refractivity contribution in [3.8, 4) is 0 Å². The molecule has 6 heteroatoms. The first-order valence-electron chi connectivity index (χ1n) is 9.15. The number of benzene rings is 3. The maximum atomic E-state index is 13.0. The second kappa shape index (κ2) is 6.53. The van der Waals surface area contributed by atoms with E-state index in [0.29, 0.717) is 11.4 Å². The molecule has 0 saturated carbocycles. The third kappa shape index (κ3) is 2.65. The van der Waals surface area contributed by atoms with Gasteiger partial charge in [0.05, 0.1) is 22.5 Å². The molecule has 1 atom stereocenters. The third-order valence-corrected chi connectivity index (χ3v) is 5.04. The van der Waals surface area contributed by atoms with Gasteiger partial charge in [-0.15, -0.1) is 0 Å². The van der Waals surface area contributed by atoms with E-state index >= 15 is 0 Å². The molecule has 0 aliphatic carbocycles. The van der Waals surface area contributed by atoms with E-state index in [0.717, 1.165) is 16.0 Å². The predicted octanol–water partition coefficient (Wildman–Crippen LogP) is 3.10. The van der Waals surface area contributed by atoms with E-state index in [-0.39, 0.29) is 11.1 Å². The van der Waals surface area contributed by atoms with E-state index in [9.17, 15) is 14.4 Å². The maximum Gasteiger partial charge on any atom is 0.270 e. The number of para-hydroxylation sites is 1. The van der Waals surface area contributed by atoms with Crippen LogP contribution in [0.1, 0.15) is 31.8 Å². The van der Waals surface area contributed by atoms with Crippen LogP contribution in [0, 0.1) is 0 Å². The second-order valence-corrected chi connectivity index (χ2v) is 6.78. The molecule has 0 aromatic heterocycles. The number of hydrogen-bond acceptors (Lipinski definition) is 4. The Morgan fingerprint density at radius 1 is 0.690 bits per heavy atom. The van der Waals surface area contributed by atoms with Gasteiger partial charge < -0.3 is 5.32 Å². The molecule has 5 rings (SSSR count). The molecule has 0 unspecified atom stereocenters. The van der Waals surface area contributed by atoms with Crippen molar-refractivity contribution in [1.82, 2.24) is 4.90 Å². The maximum absolute atomic E-state index is 13.0. The Kier molecular flexibility index (Phi) is 3.84. The number of benzodiazepines with no additional fused rings is 1. The molecule has 0 radical (unpaired) electrons. The lowest BCUT2D eigenvalue weighted by Gasteiger charge is -2.21. The van der Waals surface area contributed by atoms with Gasteiger partial charge in [-0.3, -0.25) is 14.4 Å². The fourth-order valence-electron chi connectivity index (χ4n) is 3.68. The Morgan fingerprint density at radius 3 is 1.90 bits per heavy atom. The van der Waals surface area contributed by atoms with Crippen LogP contribution in [0.2, 0.25) is 0 Å². The summed E-state index contributed by atoms with van der Waals surface area (Å²) < 4.78 is 0. The highest BCUT2D eigenvalue weighted by molar-refractivity contribution is 6.25. The smallest absolute Gasteiger partial charge is 0.270 e. The van der Waals surface area contributed by atoms with Crippen LogP contribution in [-0.4, -0.2) is 34.5 Å². The molecule has 0 saturated heterocycles. The molecule has 3 aromatic carbocycles. The first-order valence-corrected chi connectivity index (χ1v) is 9.15. The molecule has 0 bridgehead atoms. The molecule has 3 aromatic rings. The van der Waals surface area contributed by atoms with Crippen molar-refractivity contribution in [2.45, 2.75) is 6.17 Å². The van der Waals surface area contributed by atoms with Crippen LogP contribution in [0.15, 0.2) is 83.9 Å². The number of aliphatic imine (C=N–C) groups is 1. The molecule has 6 nitrogen and oxygen atoms in total. The molecule has 2 aliphatic heterocycles. The Bertz CT molecular complexity index is 1170. The zero-order chi connectivity index (χ0) is 20.0. The van der Waals surface area contributed by atoms with Crippen molar-refractivity contribution >= 4 is 29.1 Å². The van der Waals surface area contributed by atoms with E-state index in [4.69, 9.17) is 0 Å². The summed E-state index contributed by atoms with van der Waals surface area (Å²) in [5, 5.41) is 2.82. The van der Waals surface area contributed by atoms with E-state index in [1.165, 1.54) is 0 Å². The summed E-state index contributed by atoms with van der Waals surface area (Å²) in [6.45, 7) is 0. The average Bonchev–Trinajstić information content (AvgIpc) is 2.91. The molecule has 0 spiro atoms. The van der Waals surface area contributed by atoms with Gasteiger partial charge in [0.1, 0.15) is 0 Å². The standard InChI is InChI=1S/C23H15N3O3/c27-21-20(26-22(28)15-10-4-5-11-16(15)23(26)29)25-19(14-8-2-1-3-9-14)17-12-6-7-13-18(17)24-21/h1-13,20H,(H,24,27)/t20-/m0/s1. The third-order valence-electron chi connectivity index (χ3n) is 5.04. The number of nitrogens with one attached hydrogen (secondary N) is 1. The molecule has 29 heavy (non-hydrogen) atoms.